The molecule has 0 aromatic heterocycles. The predicted octanol–water partition coefficient (Wildman–Crippen LogP) is 2.39. The van der Waals surface area contributed by atoms with Crippen molar-refractivity contribution in [1.29, 1.82) is 0 Å². The van der Waals surface area contributed by atoms with E-state index in [1.165, 1.54) is 0 Å². The highest BCUT2D eigenvalue weighted by atomic mass is 16.5. The molecule has 0 aliphatic rings. The Balaban J connectivity index is 2.87. The van der Waals surface area contributed by atoms with Crippen LogP contribution in [0.1, 0.15) is 12.5 Å². The molecule has 0 amide bonds. The van der Waals surface area contributed by atoms with E-state index in [0.29, 0.717) is 24.5 Å². The first-order chi connectivity index (χ1) is 7.67. The molecule has 0 saturated carbocycles. The molecule has 1 aromatic carbocycles. The molecule has 86 valence electrons. The number of benzene rings is 1. The molecule has 0 saturated heterocycles. The first-order valence-corrected chi connectivity index (χ1v) is 5.07. The Hall–Kier alpha value is -1.77. The van der Waals surface area contributed by atoms with Gasteiger partial charge in [-0.15, -0.1) is 0 Å². The van der Waals surface area contributed by atoms with E-state index >= 15 is 0 Å². The van der Waals surface area contributed by atoms with E-state index in [9.17, 15) is 4.79 Å². The Bertz CT molecular complexity index is 383. The number of carbonyl (C=O) groups excluding carboxylic acids is 1. The highest BCUT2D eigenvalue weighted by Crippen LogP contribution is 2.28. The van der Waals surface area contributed by atoms with Gasteiger partial charge in [-0.05, 0) is 24.6 Å². The molecule has 1 aromatic rings. The van der Waals surface area contributed by atoms with E-state index in [2.05, 4.69) is 6.58 Å². The highest BCUT2D eigenvalue weighted by Gasteiger charge is 2.06. The number of ketones is 1. The molecule has 3 nitrogen and oxygen atoms in total. The maximum absolute atomic E-state index is 11.0. The van der Waals surface area contributed by atoms with Gasteiger partial charge >= 0.3 is 0 Å². The van der Waals surface area contributed by atoms with E-state index in [-0.39, 0.29) is 5.78 Å². The maximum atomic E-state index is 11.0. The van der Waals surface area contributed by atoms with Crippen LogP contribution in [-0.2, 0) is 11.2 Å². The van der Waals surface area contributed by atoms with Gasteiger partial charge in [0.2, 0.25) is 0 Å². The van der Waals surface area contributed by atoms with Crippen molar-refractivity contribution in [2.45, 2.75) is 13.3 Å². The lowest BCUT2D eigenvalue weighted by molar-refractivity contribution is -0.116. The SMILES string of the molecule is C=CCOc1ccc(CC(C)=O)cc1OC. The fourth-order valence-corrected chi connectivity index (χ4v) is 1.38. The lowest BCUT2D eigenvalue weighted by Crippen LogP contribution is -2.00. The summed E-state index contributed by atoms with van der Waals surface area (Å²) in [5, 5.41) is 0. The van der Waals surface area contributed by atoms with Crippen molar-refractivity contribution in [1.82, 2.24) is 0 Å². The molecular formula is C13H16O3. The lowest BCUT2D eigenvalue weighted by Gasteiger charge is -2.10. The predicted molar refractivity (Wildman–Crippen MR) is 63.1 cm³/mol. The normalized spacial score (nSPS) is 9.62. The van der Waals surface area contributed by atoms with E-state index in [4.69, 9.17) is 9.47 Å². The third kappa shape index (κ3) is 3.42. The number of Topliss-reactive ketones (excluding diaryl/α,β-unsaturated/α-hetero) is 1. The summed E-state index contributed by atoms with van der Waals surface area (Å²) < 4.78 is 10.6. The van der Waals surface area contributed by atoms with Crippen LogP contribution in [0.15, 0.2) is 30.9 Å². The van der Waals surface area contributed by atoms with Gasteiger partial charge in [-0.2, -0.15) is 0 Å². The Kier molecular flexibility index (Phi) is 4.58. The largest absolute Gasteiger partial charge is 0.493 e. The minimum absolute atomic E-state index is 0.127. The topological polar surface area (TPSA) is 35.5 Å². The van der Waals surface area contributed by atoms with Crippen LogP contribution in [-0.4, -0.2) is 19.5 Å². The Morgan fingerprint density at radius 2 is 2.19 bits per heavy atom. The molecule has 0 N–H and O–H groups in total. The van der Waals surface area contributed by atoms with Gasteiger partial charge in [-0.25, -0.2) is 0 Å². The average molecular weight is 220 g/mol. The summed E-state index contributed by atoms with van der Waals surface area (Å²) in [4.78, 5) is 11.0. The lowest BCUT2D eigenvalue weighted by atomic mass is 10.1. The number of ether oxygens (including phenoxy) is 2. The van der Waals surface area contributed by atoms with Crippen LogP contribution in [0, 0.1) is 0 Å². The van der Waals surface area contributed by atoms with Crippen molar-refractivity contribution in [3.8, 4) is 11.5 Å². The summed E-state index contributed by atoms with van der Waals surface area (Å²) in [5.41, 5.74) is 0.926. The minimum atomic E-state index is 0.127. The van der Waals surface area contributed by atoms with E-state index in [1.54, 1.807) is 26.2 Å². The van der Waals surface area contributed by atoms with Crippen LogP contribution < -0.4 is 9.47 Å². The Morgan fingerprint density at radius 1 is 1.44 bits per heavy atom. The standard InChI is InChI=1S/C13H16O3/c1-4-7-16-12-6-5-11(8-10(2)14)9-13(12)15-3/h4-6,9H,1,7-8H2,2-3H3. The molecule has 16 heavy (non-hydrogen) atoms. The van der Waals surface area contributed by atoms with Crippen molar-refractivity contribution in [3.05, 3.63) is 36.4 Å². The van der Waals surface area contributed by atoms with Gasteiger partial charge in [0.15, 0.2) is 11.5 Å². The molecule has 0 unspecified atom stereocenters. The van der Waals surface area contributed by atoms with Crippen molar-refractivity contribution in [3.63, 3.8) is 0 Å². The molecule has 3 heteroatoms. The minimum Gasteiger partial charge on any atom is -0.493 e. The van der Waals surface area contributed by atoms with E-state index < -0.39 is 0 Å². The van der Waals surface area contributed by atoms with Crippen molar-refractivity contribution in [2.75, 3.05) is 13.7 Å². The molecule has 0 aliphatic carbocycles. The summed E-state index contributed by atoms with van der Waals surface area (Å²) in [7, 11) is 1.58. The third-order valence-electron chi connectivity index (χ3n) is 2.04. The molecule has 0 fully saturated rings. The monoisotopic (exact) mass is 220 g/mol. The zero-order valence-corrected chi connectivity index (χ0v) is 9.66. The van der Waals surface area contributed by atoms with Crippen LogP contribution in [0.5, 0.6) is 11.5 Å². The van der Waals surface area contributed by atoms with Crippen LogP contribution in [0.4, 0.5) is 0 Å². The highest BCUT2D eigenvalue weighted by molar-refractivity contribution is 5.78. The first-order valence-electron chi connectivity index (χ1n) is 5.07. The molecule has 0 bridgehead atoms. The van der Waals surface area contributed by atoms with E-state index in [0.717, 1.165) is 5.56 Å². The van der Waals surface area contributed by atoms with Gasteiger partial charge in [0, 0.05) is 6.42 Å². The summed E-state index contributed by atoms with van der Waals surface area (Å²) in [6.45, 7) is 5.57. The number of methoxy groups -OCH3 is 1. The van der Waals surface area contributed by atoms with Gasteiger partial charge in [0.25, 0.3) is 0 Å². The Morgan fingerprint density at radius 3 is 2.75 bits per heavy atom. The zero-order chi connectivity index (χ0) is 12.0. The quantitative estimate of drug-likeness (QED) is 0.690. The number of hydrogen-bond donors (Lipinski definition) is 0. The van der Waals surface area contributed by atoms with Crippen molar-refractivity contribution < 1.29 is 14.3 Å². The smallest absolute Gasteiger partial charge is 0.161 e. The van der Waals surface area contributed by atoms with Crippen LogP contribution in [0.3, 0.4) is 0 Å². The second kappa shape index (κ2) is 5.95. The third-order valence-corrected chi connectivity index (χ3v) is 2.04. The maximum Gasteiger partial charge on any atom is 0.161 e. The number of carbonyl (C=O) groups is 1. The van der Waals surface area contributed by atoms with Crippen LogP contribution in [0.25, 0.3) is 0 Å². The van der Waals surface area contributed by atoms with Crippen molar-refractivity contribution >= 4 is 5.78 Å². The molecular weight excluding hydrogens is 204 g/mol. The second-order valence-electron chi connectivity index (χ2n) is 3.46. The molecule has 0 heterocycles. The fourth-order valence-electron chi connectivity index (χ4n) is 1.38. The molecule has 0 radical (unpaired) electrons. The van der Waals surface area contributed by atoms with Crippen molar-refractivity contribution in [2.24, 2.45) is 0 Å². The Labute approximate surface area is 95.7 Å². The second-order valence-corrected chi connectivity index (χ2v) is 3.46. The van der Waals surface area contributed by atoms with Crippen LogP contribution >= 0.6 is 0 Å². The summed E-state index contributed by atoms with van der Waals surface area (Å²) in [6, 6.07) is 5.49. The molecule has 1 rings (SSSR count). The summed E-state index contributed by atoms with van der Waals surface area (Å²) in [6.07, 6.45) is 2.08. The van der Waals surface area contributed by atoms with Gasteiger partial charge in [0.1, 0.15) is 12.4 Å². The first kappa shape index (κ1) is 12.3. The average Bonchev–Trinajstić information content (AvgIpc) is 2.26. The molecule has 0 aliphatic heterocycles. The number of rotatable bonds is 6. The zero-order valence-electron chi connectivity index (χ0n) is 9.66. The van der Waals surface area contributed by atoms with Crippen LogP contribution in [0.2, 0.25) is 0 Å². The van der Waals surface area contributed by atoms with Gasteiger partial charge in [-0.1, -0.05) is 18.7 Å². The number of hydrogen-bond acceptors (Lipinski definition) is 3. The van der Waals surface area contributed by atoms with Gasteiger partial charge < -0.3 is 9.47 Å². The summed E-state index contributed by atoms with van der Waals surface area (Å²) in [5.74, 6) is 1.43. The van der Waals surface area contributed by atoms with E-state index in [1.807, 2.05) is 12.1 Å². The van der Waals surface area contributed by atoms with Gasteiger partial charge in [-0.3, -0.25) is 4.79 Å². The molecule has 0 atom stereocenters. The van der Waals surface area contributed by atoms with Gasteiger partial charge in [0.05, 0.1) is 7.11 Å². The fraction of sp³-hybridized carbons (Fsp3) is 0.308. The molecule has 0 spiro atoms. The summed E-state index contributed by atoms with van der Waals surface area (Å²) >= 11 is 0.